The number of methoxy groups -OCH3 is 1. The Kier molecular flexibility index (Phi) is 4.80. The number of benzene rings is 2. The molecule has 0 aromatic heterocycles. The minimum atomic E-state index is -0.270. The van der Waals surface area contributed by atoms with Crippen molar-refractivity contribution in [2.75, 3.05) is 12.0 Å². The lowest BCUT2D eigenvalue weighted by molar-refractivity contribution is -0.113. The highest BCUT2D eigenvalue weighted by Crippen LogP contribution is 2.40. The molecule has 3 rings (SSSR count). The van der Waals surface area contributed by atoms with E-state index in [0.717, 1.165) is 11.8 Å². The Bertz CT molecular complexity index is 867. The molecule has 1 amide bonds. The summed E-state index contributed by atoms with van der Waals surface area (Å²) >= 11 is 12.5. The molecule has 7 heteroatoms. The lowest BCUT2D eigenvalue weighted by Gasteiger charge is -2.17. The Balaban J connectivity index is 2.00. The van der Waals surface area contributed by atoms with Crippen molar-refractivity contribution in [1.29, 1.82) is 0 Å². The van der Waals surface area contributed by atoms with E-state index in [1.807, 2.05) is 12.1 Å². The van der Waals surface area contributed by atoms with Crippen molar-refractivity contribution in [3.8, 4) is 11.5 Å². The number of nitrogens with zero attached hydrogens (tertiary/aromatic N) is 1. The van der Waals surface area contributed by atoms with Crippen molar-refractivity contribution in [3.63, 3.8) is 0 Å². The molecule has 0 aliphatic carbocycles. The minimum Gasteiger partial charge on any atom is -0.507 e. The van der Waals surface area contributed by atoms with Crippen LogP contribution in [0.4, 0.5) is 5.69 Å². The predicted octanol–water partition coefficient (Wildman–Crippen LogP) is 4.46. The first-order valence-electron chi connectivity index (χ1n) is 6.91. The topological polar surface area (TPSA) is 49.8 Å². The Labute approximate surface area is 153 Å². The number of rotatable bonds is 3. The molecule has 0 atom stereocenters. The minimum absolute atomic E-state index is 0.0435. The van der Waals surface area contributed by atoms with Crippen LogP contribution in [0.3, 0.4) is 0 Å². The number of thiocarbonyl (C=S) groups is 1. The van der Waals surface area contributed by atoms with E-state index in [2.05, 4.69) is 0 Å². The summed E-state index contributed by atoms with van der Waals surface area (Å²) in [6.07, 6.45) is 1.58. The smallest absolute Gasteiger partial charge is 0.270 e. The lowest BCUT2D eigenvalue weighted by atomic mass is 10.2. The van der Waals surface area contributed by atoms with Gasteiger partial charge in [-0.25, -0.2) is 0 Å². The Hall–Kier alpha value is -2.02. The van der Waals surface area contributed by atoms with E-state index in [-0.39, 0.29) is 11.7 Å². The van der Waals surface area contributed by atoms with Crippen LogP contribution in [0.15, 0.2) is 47.4 Å². The average molecular weight is 378 g/mol. The molecule has 4 nitrogen and oxygen atoms in total. The largest absolute Gasteiger partial charge is 0.507 e. The molecular formula is C17H12ClNO3S2. The van der Waals surface area contributed by atoms with Crippen LogP contribution in [0.25, 0.3) is 6.08 Å². The monoisotopic (exact) mass is 377 g/mol. The van der Waals surface area contributed by atoms with Gasteiger partial charge in [0, 0.05) is 10.6 Å². The first-order chi connectivity index (χ1) is 11.5. The number of ether oxygens (including phenoxy) is 1. The van der Waals surface area contributed by atoms with Crippen LogP contribution in [0, 0.1) is 0 Å². The van der Waals surface area contributed by atoms with Crippen LogP contribution in [-0.2, 0) is 4.79 Å². The van der Waals surface area contributed by atoms with Crippen molar-refractivity contribution >= 4 is 57.6 Å². The second-order valence-electron chi connectivity index (χ2n) is 4.89. The molecule has 0 radical (unpaired) electrons. The maximum absolute atomic E-state index is 12.8. The van der Waals surface area contributed by atoms with Crippen LogP contribution in [0.5, 0.6) is 11.5 Å². The van der Waals surface area contributed by atoms with Gasteiger partial charge in [0.15, 0.2) is 4.32 Å². The number of carbonyl (C=O) groups is 1. The molecule has 0 saturated carbocycles. The van der Waals surface area contributed by atoms with Crippen LogP contribution >= 0.6 is 35.6 Å². The van der Waals surface area contributed by atoms with Crippen LogP contribution in [0.2, 0.25) is 5.02 Å². The molecule has 1 aliphatic rings. The number of amides is 1. The van der Waals surface area contributed by atoms with Crippen LogP contribution < -0.4 is 9.64 Å². The summed E-state index contributed by atoms with van der Waals surface area (Å²) in [5.74, 6) is 0.330. The number of hydrogen-bond acceptors (Lipinski definition) is 5. The molecule has 1 fully saturated rings. The second kappa shape index (κ2) is 6.84. The van der Waals surface area contributed by atoms with Crippen molar-refractivity contribution in [2.45, 2.75) is 0 Å². The number of carbonyl (C=O) groups excluding carboxylic acids is 1. The van der Waals surface area contributed by atoms with Gasteiger partial charge in [0.1, 0.15) is 11.5 Å². The quantitative estimate of drug-likeness (QED) is 0.632. The number of thioether (sulfide) groups is 1. The molecule has 0 spiro atoms. The summed E-state index contributed by atoms with van der Waals surface area (Å²) in [6, 6.07) is 11.8. The standard InChI is InChI=1S/C17H12ClNO3S2/c1-22-14-5-3-2-4-12(14)19-16(21)15(24-17(19)23)9-10-8-11(18)6-7-13(10)20/h2-9,20H,1H3/b15-9+. The summed E-state index contributed by atoms with van der Waals surface area (Å²) in [5.41, 5.74) is 1.05. The maximum Gasteiger partial charge on any atom is 0.270 e. The average Bonchev–Trinajstić information content (AvgIpc) is 2.84. The number of halogens is 1. The Morgan fingerprint density at radius 2 is 2.04 bits per heavy atom. The predicted molar refractivity (Wildman–Crippen MR) is 102 cm³/mol. The highest BCUT2D eigenvalue weighted by atomic mass is 35.5. The van der Waals surface area contributed by atoms with Gasteiger partial charge in [-0.3, -0.25) is 9.69 Å². The number of phenolic OH excluding ortho intramolecular Hbond substituents is 1. The van der Waals surface area contributed by atoms with Gasteiger partial charge in [-0.05, 0) is 36.4 Å². The zero-order chi connectivity index (χ0) is 17.3. The van der Waals surface area contributed by atoms with Crippen LogP contribution in [-0.4, -0.2) is 22.4 Å². The lowest BCUT2D eigenvalue weighted by Crippen LogP contribution is -2.27. The molecule has 1 aliphatic heterocycles. The maximum atomic E-state index is 12.8. The number of anilines is 1. The van der Waals surface area contributed by atoms with E-state index in [1.165, 1.54) is 18.1 Å². The molecule has 1 saturated heterocycles. The van der Waals surface area contributed by atoms with E-state index in [0.29, 0.717) is 31.2 Å². The zero-order valence-electron chi connectivity index (χ0n) is 12.5. The number of para-hydroxylation sites is 2. The van der Waals surface area contributed by atoms with E-state index >= 15 is 0 Å². The number of phenols is 1. The summed E-state index contributed by atoms with van der Waals surface area (Å²) in [7, 11) is 1.54. The summed E-state index contributed by atoms with van der Waals surface area (Å²) < 4.78 is 5.70. The van der Waals surface area contributed by atoms with Gasteiger partial charge in [-0.15, -0.1) is 0 Å². The van der Waals surface area contributed by atoms with Gasteiger partial charge >= 0.3 is 0 Å². The van der Waals surface area contributed by atoms with Crippen molar-refractivity contribution in [3.05, 3.63) is 58.0 Å². The first kappa shape index (κ1) is 16.8. The molecule has 0 bridgehead atoms. The molecular weight excluding hydrogens is 366 g/mol. The fourth-order valence-electron chi connectivity index (χ4n) is 2.27. The van der Waals surface area contributed by atoms with Crippen LogP contribution in [0.1, 0.15) is 5.56 Å². The third-order valence-corrected chi connectivity index (χ3v) is 4.93. The van der Waals surface area contributed by atoms with Crippen molar-refractivity contribution in [1.82, 2.24) is 0 Å². The normalized spacial score (nSPS) is 16.1. The molecule has 122 valence electrons. The molecule has 2 aromatic carbocycles. The van der Waals surface area contributed by atoms with Gasteiger partial charge in [0.05, 0.1) is 17.7 Å². The zero-order valence-corrected chi connectivity index (χ0v) is 14.9. The molecule has 1 N–H and O–H groups in total. The first-order valence-corrected chi connectivity index (χ1v) is 8.51. The van der Waals surface area contributed by atoms with Crippen molar-refractivity contribution < 1.29 is 14.6 Å². The van der Waals surface area contributed by atoms with Gasteiger partial charge in [-0.1, -0.05) is 47.7 Å². The van der Waals surface area contributed by atoms with E-state index in [9.17, 15) is 9.90 Å². The number of hydrogen-bond donors (Lipinski definition) is 1. The highest BCUT2D eigenvalue weighted by molar-refractivity contribution is 8.27. The van der Waals surface area contributed by atoms with Crippen molar-refractivity contribution in [2.24, 2.45) is 0 Å². The third-order valence-electron chi connectivity index (χ3n) is 3.40. The van der Waals surface area contributed by atoms with Gasteiger partial charge in [-0.2, -0.15) is 0 Å². The molecule has 24 heavy (non-hydrogen) atoms. The third kappa shape index (κ3) is 3.13. The SMILES string of the molecule is COc1ccccc1N1C(=O)/C(=C\c2cc(Cl)ccc2O)SC1=S. The summed E-state index contributed by atoms with van der Waals surface area (Å²) in [4.78, 5) is 14.6. The van der Waals surface area contributed by atoms with E-state index in [4.69, 9.17) is 28.6 Å². The molecule has 2 aromatic rings. The van der Waals surface area contributed by atoms with Gasteiger partial charge in [0.25, 0.3) is 5.91 Å². The summed E-state index contributed by atoms with van der Waals surface area (Å²) in [6.45, 7) is 0. The van der Waals surface area contributed by atoms with E-state index in [1.54, 1.807) is 30.3 Å². The van der Waals surface area contributed by atoms with Gasteiger partial charge < -0.3 is 9.84 Å². The van der Waals surface area contributed by atoms with E-state index < -0.39 is 0 Å². The second-order valence-corrected chi connectivity index (χ2v) is 7.00. The highest BCUT2D eigenvalue weighted by Gasteiger charge is 2.34. The molecule has 0 unspecified atom stereocenters. The Morgan fingerprint density at radius 3 is 2.79 bits per heavy atom. The molecule has 1 heterocycles. The fourth-order valence-corrected chi connectivity index (χ4v) is 3.73. The summed E-state index contributed by atoms with van der Waals surface area (Å²) in [5, 5.41) is 10.4. The fraction of sp³-hybridized carbons (Fsp3) is 0.0588. The Morgan fingerprint density at radius 1 is 1.29 bits per heavy atom. The number of aromatic hydroxyl groups is 1. The van der Waals surface area contributed by atoms with Gasteiger partial charge in [0.2, 0.25) is 0 Å².